The van der Waals surface area contributed by atoms with Crippen LogP contribution in [0.2, 0.25) is 0 Å². The molecule has 1 N–H and O–H groups in total. The minimum absolute atomic E-state index is 0.857. The Labute approximate surface area is 116 Å². The molecule has 3 nitrogen and oxygen atoms in total. The van der Waals surface area contributed by atoms with Gasteiger partial charge in [0.05, 0.1) is 0 Å². The molecule has 2 rings (SSSR count). The third-order valence-electron chi connectivity index (χ3n) is 3.69. The van der Waals surface area contributed by atoms with E-state index in [0.29, 0.717) is 0 Å². The molecule has 0 unspecified atom stereocenters. The summed E-state index contributed by atoms with van der Waals surface area (Å²) in [6, 6.07) is 8.87. The quantitative estimate of drug-likeness (QED) is 0.761. The highest BCUT2D eigenvalue weighted by atomic mass is 16.5. The van der Waals surface area contributed by atoms with Gasteiger partial charge in [-0.1, -0.05) is 0 Å². The molecule has 0 atom stereocenters. The zero-order valence-corrected chi connectivity index (χ0v) is 12.0. The van der Waals surface area contributed by atoms with Crippen LogP contribution >= 0.6 is 0 Å². The molecule has 0 saturated carbocycles. The van der Waals surface area contributed by atoms with Gasteiger partial charge in [-0.3, -0.25) is 0 Å². The van der Waals surface area contributed by atoms with Crippen LogP contribution in [0.25, 0.3) is 0 Å². The average Bonchev–Trinajstić information content (AvgIpc) is 2.49. The van der Waals surface area contributed by atoms with Gasteiger partial charge in [-0.15, -0.1) is 0 Å². The van der Waals surface area contributed by atoms with Gasteiger partial charge in [-0.2, -0.15) is 0 Å². The number of methoxy groups -OCH3 is 1. The number of piperidine rings is 1. The van der Waals surface area contributed by atoms with Crippen LogP contribution in [0.5, 0.6) is 0 Å². The van der Waals surface area contributed by atoms with Crippen molar-refractivity contribution in [1.29, 1.82) is 0 Å². The molecule has 1 heterocycles. The maximum Gasteiger partial charge on any atom is 0.0462 e. The summed E-state index contributed by atoms with van der Waals surface area (Å²) < 4.78 is 5.04. The van der Waals surface area contributed by atoms with E-state index in [4.69, 9.17) is 4.74 Å². The fourth-order valence-corrected chi connectivity index (χ4v) is 2.55. The number of benzene rings is 1. The van der Waals surface area contributed by atoms with Gasteiger partial charge in [0.2, 0.25) is 0 Å². The van der Waals surface area contributed by atoms with E-state index in [1.54, 1.807) is 7.11 Å². The summed E-state index contributed by atoms with van der Waals surface area (Å²) in [5.41, 5.74) is 2.59. The summed E-state index contributed by atoms with van der Waals surface area (Å²) >= 11 is 0. The monoisotopic (exact) mass is 262 g/mol. The first-order valence-electron chi connectivity index (χ1n) is 7.48. The lowest BCUT2D eigenvalue weighted by Crippen LogP contribution is -2.29. The van der Waals surface area contributed by atoms with E-state index < -0.39 is 0 Å². The number of hydrogen-bond acceptors (Lipinski definition) is 3. The summed E-state index contributed by atoms with van der Waals surface area (Å²) in [4.78, 5) is 2.49. The summed E-state index contributed by atoms with van der Waals surface area (Å²) in [6.45, 7) is 4.30. The van der Waals surface area contributed by atoms with E-state index in [9.17, 15) is 0 Å². The highest BCUT2D eigenvalue weighted by Gasteiger charge is 2.10. The molecule has 0 spiro atoms. The Morgan fingerprint density at radius 1 is 1.05 bits per heavy atom. The van der Waals surface area contributed by atoms with Gasteiger partial charge in [0, 0.05) is 44.7 Å². The smallest absolute Gasteiger partial charge is 0.0462 e. The fourth-order valence-electron chi connectivity index (χ4n) is 2.55. The average molecular weight is 262 g/mol. The number of ether oxygens (including phenoxy) is 1. The molecule has 1 fully saturated rings. The van der Waals surface area contributed by atoms with Gasteiger partial charge in [-0.25, -0.2) is 0 Å². The molecule has 0 aliphatic carbocycles. The Morgan fingerprint density at radius 3 is 2.47 bits per heavy atom. The van der Waals surface area contributed by atoms with Crippen molar-refractivity contribution < 1.29 is 4.74 Å². The summed E-state index contributed by atoms with van der Waals surface area (Å²) in [7, 11) is 1.76. The minimum Gasteiger partial charge on any atom is -0.385 e. The van der Waals surface area contributed by atoms with Crippen molar-refractivity contribution in [3.8, 4) is 0 Å². The van der Waals surface area contributed by atoms with Crippen molar-refractivity contribution in [3.05, 3.63) is 24.3 Å². The molecule has 1 saturated heterocycles. The summed E-state index contributed by atoms with van der Waals surface area (Å²) in [6.07, 6.45) is 6.33. The molecule has 0 bridgehead atoms. The molecular weight excluding hydrogens is 236 g/mol. The van der Waals surface area contributed by atoms with E-state index >= 15 is 0 Å². The molecule has 0 amide bonds. The lowest BCUT2D eigenvalue weighted by molar-refractivity contribution is 0.194. The van der Waals surface area contributed by atoms with Crippen LogP contribution in [0.3, 0.4) is 0 Å². The van der Waals surface area contributed by atoms with Crippen molar-refractivity contribution >= 4 is 11.4 Å². The molecule has 1 aromatic rings. The Hall–Kier alpha value is -1.22. The maximum atomic E-state index is 5.04. The van der Waals surface area contributed by atoms with E-state index in [0.717, 1.165) is 26.0 Å². The molecule has 0 aromatic heterocycles. The van der Waals surface area contributed by atoms with Crippen molar-refractivity contribution in [2.75, 3.05) is 43.6 Å². The number of nitrogens with one attached hydrogen (secondary N) is 1. The van der Waals surface area contributed by atoms with Gasteiger partial charge in [0.25, 0.3) is 0 Å². The third kappa shape index (κ3) is 4.75. The van der Waals surface area contributed by atoms with Crippen molar-refractivity contribution in [1.82, 2.24) is 0 Å². The Balaban J connectivity index is 1.74. The zero-order chi connectivity index (χ0) is 13.3. The van der Waals surface area contributed by atoms with Crippen LogP contribution < -0.4 is 10.2 Å². The first-order valence-corrected chi connectivity index (χ1v) is 7.48. The SMILES string of the molecule is COCCCCNc1ccc(N2CCCCC2)cc1. The van der Waals surface area contributed by atoms with Crippen molar-refractivity contribution in [3.63, 3.8) is 0 Å². The number of rotatable bonds is 7. The van der Waals surface area contributed by atoms with E-state index in [1.165, 1.54) is 43.7 Å². The second-order valence-electron chi connectivity index (χ2n) is 5.22. The predicted molar refractivity (Wildman–Crippen MR) is 82.1 cm³/mol. The van der Waals surface area contributed by atoms with Crippen LogP contribution in [0.4, 0.5) is 11.4 Å². The number of unbranched alkanes of at least 4 members (excludes halogenated alkanes) is 1. The molecular formula is C16H26N2O. The van der Waals surface area contributed by atoms with Crippen LogP contribution in [0.1, 0.15) is 32.1 Å². The minimum atomic E-state index is 0.857. The first kappa shape index (κ1) is 14.2. The molecule has 1 aromatic carbocycles. The number of hydrogen-bond donors (Lipinski definition) is 1. The third-order valence-corrected chi connectivity index (χ3v) is 3.69. The van der Waals surface area contributed by atoms with Gasteiger partial charge < -0.3 is 15.0 Å². The molecule has 1 aliphatic rings. The van der Waals surface area contributed by atoms with Crippen LogP contribution in [-0.2, 0) is 4.74 Å². The van der Waals surface area contributed by atoms with Gasteiger partial charge in [-0.05, 0) is 56.4 Å². The highest BCUT2D eigenvalue weighted by Crippen LogP contribution is 2.21. The lowest BCUT2D eigenvalue weighted by atomic mass is 10.1. The number of nitrogens with zero attached hydrogens (tertiary/aromatic N) is 1. The molecule has 3 heteroatoms. The van der Waals surface area contributed by atoms with Crippen LogP contribution in [-0.4, -0.2) is 33.4 Å². The standard InChI is InChI=1S/C16H26N2O/c1-19-14-6-3-11-17-15-7-9-16(10-8-15)18-12-4-2-5-13-18/h7-10,17H,2-6,11-14H2,1H3. The normalized spacial score (nSPS) is 15.5. The zero-order valence-electron chi connectivity index (χ0n) is 12.0. The fraction of sp³-hybridized carbons (Fsp3) is 0.625. The van der Waals surface area contributed by atoms with Crippen LogP contribution in [0.15, 0.2) is 24.3 Å². The molecule has 19 heavy (non-hydrogen) atoms. The van der Waals surface area contributed by atoms with Crippen LogP contribution in [0, 0.1) is 0 Å². The second-order valence-corrected chi connectivity index (χ2v) is 5.22. The molecule has 1 aliphatic heterocycles. The predicted octanol–water partition coefficient (Wildman–Crippen LogP) is 3.52. The van der Waals surface area contributed by atoms with Gasteiger partial charge in [0.15, 0.2) is 0 Å². The Morgan fingerprint density at radius 2 is 1.79 bits per heavy atom. The number of anilines is 2. The largest absolute Gasteiger partial charge is 0.385 e. The Kier molecular flexibility index (Phi) is 6.02. The topological polar surface area (TPSA) is 24.5 Å². The maximum absolute atomic E-state index is 5.04. The molecule has 0 radical (unpaired) electrons. The summed E-state index contributed by atoms with van der Waals surface area (Å²) in [5, 5.41) is 3.46. The van der Waals surface area contributed by atoms with Crippen molar-refractivity contribution in [2.24, 2.45) is 0 Å². The van der Waals surface area contributed by atoms with Crippen molar-refractivity contribution in [2.45, 2.75) is 32.1 Å². The van der Waals surface area contributed by atoms with E-state index in [-0.39, 0.29) is 0 Å². The summed E-state index contributed by atoms with van der Waals surface area (Å²) in [5.74, 6) is 0. The van der Waals surface area contributed by atoms with Gasteiger partial charge in [0.1, 0.15) is 0 Å². The van der Waals surface area contributed by atoms with Gasteiger partial charge >= 0.3 is 0 Å². The Bertz CT molecular complexity index is 344. The highest BCUT2D eigenvalue weighted by molar-refractivity contribution is 5.55. The lowest BCUT2D eigenvalue weighted by Gasteiger charge is -2.28. The first-order chi connectivity index (χ1) is 9.40. The van der Waals surface area contributed by atoms with E-state index in [2.05, 4.69) is 34.5 Å². The van der Waals surface area contributed by atoms with E-state index in [1.807, 2.05) is 0 Å². The molecule has 106 valence electrons. The second kappa shape index (κ2) is 8.05.